The predicted molar refractivity (Wildman–Crippen MR) is 56.9 cm³/mol. The van der Waals surface area contributed by atoms with E-state index in [2.05, 4.69) is 15.0 Å². The Labute approximate surface area is 83.6 Å². The summed E-state index contributed by atoms with van der Waals surface area (Å²) in [7, 11) is -3.21. The van der Waals surface area contributed by atoms with E-state index in [1.165, 1.54) is 6.20 Å². The molecular formula is C8H13N3O2S. The smallest absolute Gasteiger partial charge is 0.229 e. The molecule has 0 unspecified atom stereocenters. The third kappa shape index (κ3) is 3.61. The number of pyridine rings is 1. The van der Waals surface area contributed by atoms with Gasteiger partial charge in [0.15, 0.2) is 0 Å². The first kappa shape index (κ1) is 10.8. The van der Waals surface area contributed by atoms with Crippen molar-refractivity contribution < 1.29 is 8.42 Å². The average Bonchev–Trinajstić information content (AvgIpc) is 2.06. The van der Waals surface area contributed by atoms with E-state index in [0.29, 0.717) is 5.69 Å². The maximum absolute atomic E-state index is 10.9. The van der Waals surface area contributed by atoms with Gasteiger partial charge in [0.25, 0.3) is 0 Å². The van der Waals surface area contributed by atoms with E-state index in [9.17, 15) is 8.42 Å². The number of nitrogens with one attached hydrogen (secondary N) is 2. The van der Waals surface area contributed by atoms with Crippen molar-refractivity contribution in [3.05, 3.63) is 18.3 Å². The second-order valence-electron chi connectivity index (χ2n) is 2.84. The second kappa shape index (κ2) is 4.28. The van der Waals surface area contributed by atoms with Gasteiger partial charge in [-0.2, -0.15) is 0 Å². The molecule has 0 aromatic carbocycles. The number of sulfonamides is 1. The largest absolute Gasteiger partial charge is 0.370 e. The highest BCUT2D eigenvalue weighted by Crippen LogP contribution is 2.10. The highest BCUT2D eigenvalue weighted by molar-refractivity contribution is 7.92. The Balaban J connectivity index is 2.74. The topological polar surface area (TPSA) is 71.1 Å². The van der Waals surface area contributed by atoms with Crippen molar-refractivity contribution in [2.75, 3.05) is 22.8 Å². The first-order chi connectivity index (χ1) is 6.51. The molecule has 0 aliphatic carbocycles. The van der Waals surface area contributed by atoms with E-state index in [1.807, 2.05) is 6.92 Å². The summed E-state index contributed by atoms with van der Waals surface area (Å²) in [6, 6.07) is 3.38. The molecule has 1 aromatic heterocycles. The van der Waals surface area contributed by atoms with Gasteiger partial charge in [0.1, 0.15) is 5.82 Å². The Morgan fingerprint density at radius 1 is 1.43 bits per heavy atom. The van der Waals surface area contributed by atoms with Crippen LogP contribution in [0.4, 0.5) is 11.5 Å². The molecule has 5 nitrogen and oxygen atoms in total. The van der Waals surface area contributed by atoms with E-state index < -0.39 is 10.0 Å². The predicted octanol–water partition coefficient (Wildman–Crippen LogP) is 0.885. The maximum atomic E-state index is 10.9. The third-order valence-electron chi connectivity index (χ3n) is 1.42. The lowest BCUT2D eigenvalue weighted by atomic mass is 10.4. The Morgan fingerprint density at radius 2 is 2.14 bits per heavy atom. The van der Waals surface area contributed by atoms with E-state index in [0.717, 1.165) is 18.6 Å². The lowest BCUT2D eigenvalue weighted by Crippen LogP contribution is -2.10. The Kier molecular flexibility index (Phi) is 3.29. The Hall–Kier alpha value is -1.30. The van der Waals surface area contributed by atoms with Crippen LogP contribution in [0.2, 0.25) is 0 Å². The standard InChI is InChI=1S/C8H13N3O2S/c1-3-9-8-5-4-7(6-10-8)11-14(2,12)13/h4-6,11H,3H2,1-2H3,(H,9,10). The quantitative estimate of drug-likeness (QED) is 0.782. The zero-order valence-electron chi connectivity index (χ0n) is 8.11. The van der Waals surface area contributed by atoms with Crippen LogP contribution in [0, 0.1) is 0 Å². The molecule has 78 valence electrons. The summed E-state index contributed by atoms with van der Waals surface area (Å²) in [5.74, 6) is 0.728. The minimum absolute atomic E-state index is 0.467. The second-order valence-corrected chi connectivity index (χ2v) is 4.59. The summed E-state index contributed by atoms with van der Waals surface area (Å²) in [6.07, 6.45) is 2.57. The minimum atomic E-state index is -3.21. The molecule has 0 saturated heterocycles. The average molecular weight is 215 g/mol. The zero-order valence-corrected chi connectivity index (χ0v) is 8.93. The van der Waals surface area contributed by atoms with Crippen LogP contribution in [-0.2, 0) is 10.0 Å². The van der Waals surface area contributed by atoms with Gasteiger partial charge in [-0.1, -0.05) is 0 Å². The van der Waals surface area contributed by atoms with Crippen molar-refractivity contribution in [3.8, 4) is 0 Å². The van der Waals surface area contributed by atoms with E-state index in [4.69, 9.17) is 0 Å². The van der Waals surface area contributed by atoms with Gasteiger partial charge in [0.05, 0.1) is 18.1 Å². The molecule has 0 amide bonds. The first-order valence-electron chi connectivity index (χ1n) is 4.19. The van der Waals surface area contributed by atoms with Crippen LogP contribution in [0.1, 0.15) is 6.92 Å². The van der Waals surface area contributed by atoms with Crippen LogP contribution < -0.4 is 10.0 Å². The molecule has 14 heavy (non-hydrogen) atoms. The van der Waals surface area contributed by atoms with Gasteiger partial charge in [0.2, 0.25) is 10.0 Å². The van der Waals surface area contributed by atoms with Gasteiger partial charge >= 0.3 is 0 Å². The number of nitrogens with zero attached hydrogens (tertiary/aromatic N) is 1. The number of hydrogen-bond acceptors (Lipinski definition) is 4. The molecule has 6 heteroatoms. The van der Waals surface area contributed by atoms with Crippen molar-refractivity contribution in [2.45, 2.75) is 6.92 Å². The van der Waals surface area contributed by atoms with Gasteiger partial charge in [0, 0.05) is 6.54 Å². The minimum Gasteiger partial charge on any atom is -0.370 e. The Bertz CT molecular complexity index is 386. The summed E-state index contributed by atoms with van der Waals surface area (Å²) in [5, 5.41) is 3.01. The van der Waals surface area contributed by atoms with E-state index >= 15 is 0 Å². The summed E-state index contributed by atoms with van der Waals surface area (Å²) < 4.78 is 24.0. The fourth-order valence-corrected chi connectivity index (χ4v) is 1.50. The van der Waals surface area contributed by atoms with Crippen molar-refractivity contribution in [3.63, 3.8) is 0 Å². The van der Waals surface area contributed by atoms with Crippen molar-refractivity contribution >= 4 is 21.5 Å². The van der Waals surface area contributed by atoms with E-state index in [-0.39, 0.29) is 0 Å². The zero-order chi connectivity index (χ0) is 10.6. The van der Waals surface area contributed by atoms with Crippen LogP contribution in [0.3, 0.4) is 0 Å². The SMILES string of the molecule is CCNc1ccc(NS(C)(=O)=O)cn1. The number of hydrogen-bond donors (Lipinski definition) is 2. The summed E-state index contributed by atoms with van der Waals surface area (Å²) in [5.41, 5.74) is 0.467. The van der Waals surface area contributed by atoms with Crippen LogP contribution in [-0.4, -0.2) is 26.2 Å². The van der Waals surface area contributed by atoms with Gasteiger partial charge < -0.3 is 5.32 Å². The fourth-order valence-electron chi connectivity index (χ4n) is 0.954. The lowest BCUT2D eigenvalue weighted by molar-refractivity contribution is 0.607. The van der Waals surface area contributed by atoms with Gasteiger partial charge in [-0.15, -0.1) is 0 Å². The molecule has 0 atom stereocenters. The number of rotatable bonds is 4. The molecule has 0 aliphatic heterocycles. The molecule has 0 bridgehead atoms. The normalized spacial score (nSPS) is 11.0. The molecule has 0 spiro atoms. The third-order valence-corrected chi connectivity index (χ3v) is 2.03. The molecule has 0 fully saturated rings. The lowest BCUT2D eigenvalue weighted by Gasteiger charge is -2.05. The maximum Gasteiger partial charge on any atom is 0.229 e. The molecule has 0 saturated carbocycles. The van der Waals surface area contributed by atoms with E-state index in [1.54, 1.807) is 12.1 Å². The summed E-state index contributed by atoms with van der Waals surface area (Å²) >= 11 is 0. The molecule has 1 aromatic rings. The van der Waals surface area contributed by atoms with Crippen LogP contribution in [0.5, 0.6) is 0 Å². The number of anilines is 2. The van der Waals surface area contributed by atoms with Crippen molar-refractivity contribution in [1.29, 1.82) is 0 Å². The van der Waals surface area contributed by atoms with Gasteiger partial charge in [-0.3, -0.25) is 4.72 Å². The Morgan fingerprint density at radius 3 is 2.57 bits per heavy atom. The first-order valence-corrected chi connectivity index (χ1v) is 6.08. The van der Waals surface area contributed by atoms with Crippen LogP contribution >= 0.6 is 0 Å². The number of aromatic nitrogens is 1. The fraction of sp³-hybridized carbons (Fsp3) is 0.375. The summed E-state index contributed by atoms with van der Waals surface area (Å²) in [4.78, 5) is 4.01. The molecule has 0 radical (unpaired) electrons. The molecule has 2 N–H and O–H groups in total. The highest BCUT2D eigenvalue weighted by atomic mass is 32.2. The monoisotopic (exact) mass is 215 g/mol. The van der Waals surface area contributed by atoms with Crippen molar-refractivity contribution in [2.24, 2.45) is 0 Å². The molecule has 1 heterocycles. The van der Waals surface area contributed by atoms with Crippen LogP contribution in [0.25, 0.3) is 0 Å². The van der Waals surface area contributed by atoms with Gasteiger partial charge in [-0.25, -0.2) is 13.4 Å². The molecule has 0 aliphatic rings. The van der Waals surface area contributed by atoms with Crippen LogP contribution in [0.15, 0.2) is 18.3 Å². The molecule has 1 rings (SSSR count). The highest BCUT2D eigenvalue weighted by Gasteiger charge is 2.01. The summed E-state index contributed by atoms with van der Waals surface area (Å²) in [6.45, 7) is 2.75. The van der Waals surface area contributed by atoms with Crippen molar-refractivity contribution in [1.82, 2.24) is 4.98 Å². The van der Waals surface area contributed by atoms with Gasteiger partial charge in [-0.05, 0) is 19.1 Å². The molecular weight excluding hydrogens is 202 g/mol.